The van der Waals surface area contributed by atoms with Crippen molar-refractivity contribution in [3.05, 3.63) is 59.7 Å². The van der Waals surface area contributed by atoms with Gasteiger partial charge in [-0.3, -0.25) is 4.79 Å². The molecule has 2 aromatic carbocycles. The minimum absolute atomic E-state index is 0.00268. The van der Waals surface area contributed by atoms with Gasteiger partial charge < -0.3 is 10.1 Å². The number of hydrogen-bond acceptors (Lipinski definition) is 4. The van der Waals surface area contributed by atoms with E-state index in [0.29, 0.717) is 18.0 Å². The highest BCUT2D eigenvalue weighted by Crippen LogP contribution is 2.28. The van der Waals surface area contributed by atoms with Crippen LogP contribution < -0.4 is 14.8 Å². The number of sulfonamides is 1. The van der Waals surface area contributed by atoms with Gasteiger partial charge in [0.15, 0.2) is 0 Å². The molecule has 6 nitrogen and oxygen atoms in total. The van der Waals surface area contributed by atoms with E-state index in [2.05, 4.69) is 14.8 Å². The monoisotopic (exact) mass is 442 g/mol. The topological polar surface area (TPSA) is 84.5 Å². The quantitative estimate of drug-likeness (QED) is 0.652. The lowest BCUT2D eigenvalue weighted by molar-refractivity contribution is -0.274. The van der Waals surface area contributed by atoms with Gasteiger partial charge in [0.2, 0.25) is 10.0 Å². The molecular formula is C20H21F3N2O4S. The standard InChI is InChI=1S/C20H21F3N2O4S/c1-13(15-7-9-17(10-8-15)29-20(21,22)23)25-19(26)16-3-2-4-18(11-16)30(27,28)24-12-14-5-6-14/h2-4,7-11,13-14,24H,5-6,12H2,1H3,(H,25,26). The van der Waals surface area contributed by atoms with Crippen LogP contribution in [0.15, 0.2) is 53.4 Å². The van der Waals surface area contributed by atoms with Crippen molar-refractivity contribution in [2.45, 2.75) is 37.1 Å². The van der Waals surface area contributed by atoms with Crippen molar-refractivity contribution in [1.29, 1.82) is 0 Å². The number of carbonyl (C=O) groups excluding carboxylic acids is 1. The van der Waals surface area contributed by atoms with Gasteiger partial charge in [0.25, 0.3) is 5.91 Å². The number of halogens is 3. The summed E-state index contributed by atoms with van der Waals surface area (Å²) in [7, 11) is -3.71. The van der Waals surface area contributed by atoms with Crippen molar-refractivity contribution >= 4 is 15.9 Å². The lowest BCUT2D eigenvalue weighted by atomic mass is 10.1. The van der Waals surface area contributed by atoms with E-state index in [-0.39, 0.29) is 16.2 Å². The summed E-state index contributed by atoms with van der Waals surface area (Å²) in [5.74, 6) is -0.487. The Balaban J connectivity index is 1.65. The second-order valence-corrected chi connectivity index (χ2v) is 8.90. The van der Waals surface area contributed by atoms with Gasteiger partial charge in [-0.25, -0.2) is 13.1 Å². The fraction of sp³-hybridized carbons (Fsp3) is 0.350. The van der Waals surface area contributed by atoms with Crippen LogP contribution >= 0.6 is 0 Å². The summed E-state index contributed by atoms with van der Waals surface area (Å²) in [6.07, 6.45) is -2.77. The molecule has 3 rings (SSSR count). The Morgan fingerprint density at radius 3 is 2.43 bits per heavy atom. The van der Waals surface area contributed by atoms with E-state index in [0.717, 1.165) is 25.0 Å². The van der Waals surface area contributed by atoms with Gasteiger partial charge in [-0.2, -0.15) is 0 Å². The smallest absolute Gasteiger partial charge is 0.406 e. The molecule has 2 aromatic rings. The molecule has 1 saturated carbocycles. The molecule has 1 aliphatic carbocycles. The minimum atomic E-state index is -4.78. The lowest BCUT2D eigenvalue weighted by Crippen LogP contribution is -2.28. The SMILES string of the molecule is CC(NC(=O)c1cccc(S(=O)(=O)NCC2CC2)c1)c1ccc(OC(F)(F)F)cc1. The van der Waals surface area contributed by atoms with Crippen molar-refractivity contribution in [3.63, 3.8) is 0 Å². The number of rotatable bonds is 8. The van der Waals surface area contributed by atoms with E-state index in [1.807, 2.05) is 0 Å². The lowest BCUT2D eigenvalue weighted by Gasteiger charge is -2.16. The van der Waals surface area contributed by atoms with Gasteiger partial charge >= 0.3 is 6.36 Å². The van der Waals surface area contributed by atoms with Crippen molar-refractivity contribution in [1.82, 2.24) is 10.0 Å². The van der Waals surface area contributed by atoms with Gasteiger partial charge in [-0.05, 0) is 61.6 Å². The molecule has 30 heavy (non-hydrogen) atoms. The zero-order valence-corrected chi connectivity index (χ0v) is 16.9. The van der Waals surface area contributed by atoms with Gasteiger partial charge in [-0.1, -0.05) is 18.2 Å². The molecular weight excluding hydrogens is 421 g/mol. The van der Waals surface area contributed by atoms with E-state index in [9.17, 15) is 26.4 Å². The third-order valence-electron chi connectivity index (χ3n) is 4.63. The first kappa shape index (κ1) is 22.1. The first-order chi connectivity index (χ1) is 14.0. The molecule has 0 radical (unpaired) electrons. The molecule has 0 heterocycles. The molecule has 1 unspecified atom stereocenters. The van der Waals surface area contributed by atoms with Gasteiger partial charge in [-0.15, -0.1) is 13.2 Å². The molecule has 0 aromatic heterocycles. The molecule has 2 N–H and O–H groups in total. The Morgan fingerprint density at radius 1 is 1.17 bits per heavy atom. The number of carbonyl (C=O) groups is 1. The van der Waals surface area contributed by atoms with Crippen LogP contribution in [0.3, 0.4) is 0 Å². The predicted molar refractivity (Wildman–Crippen MR) is 103 cm³/mol. The van der Waals surface area contributed by atoms with E-state index in [1.165, 1.54) is 36.4 Å². The van der Waals surface area contributed by atoms with Crippen LogP contribution in [0.25, 0.3) is 0 Å². The predicted octanol–water partition coefficient (Wildman–Crippen LogP) is 3.76. The Kier molecular flexibility index (Phi) is 6.37. The van der Waals surface area contributed by atoms with Crippen molar-refractivity contribution in [3.8, 4) is 5.75 Å². The molecule has 1 aliphatic rings. The molecule has 0 spiro atoms. The van der Waals surface area contributed by atoms with Crippen molar-refractivity contribution in [2.75, 3.05) is 6.54 Å². The van der Waals surface area contributed by atoms with Crippen LogP contribution in [-0.2, 0) is 10.0 Å². The van der Waals surface area contributed by atoms with Crippen LogP contribution in [0.5, 0.6) is 5.75 Å². The average molecular weight is 442 g/mol. The van der Waals surface area contributed by atoms with E-state index >= 15 is 0 Å². The summed E-state index contributed by atoms with van der Waals surface area (Å²) in [6, 6.07) is 10.3. The Morgan fingerprint density at radius 2 is 1.83 bits per heavy atom. The zero-order chi connectivity index (χ0) is 21.9. The molecule has 162 valence electrons. The third kappa shape index (κ3) is 6.20. The Hall–Kier alpha value is -2.59. The van der Waals surface area contributed by atoms with Crippen LogP contribution in [-0.4, -0.2) is 27.2 Å². The minimum Gasteiger partial charge on any atom is -0.406 e. The number of amides is 1. The maximum atomic E-state index is 12.5. The molecule has 0 bridgehead atoms. The highest BCUT2D eigenvalue weighted by molar-refractivity contribution is 7.89. The largest absolute Gasteiger partial charge is 0.573 e. The third-order valence-corrected chi connectivity index (χ3v) is 6.05. The molecule has 10 heteroatoms. The highest BCUT2D eigenvalue weighted by atomic mass is 32.2. The first-order valence-electron chi connectivity index (χ1n) is 9.30. The number of hydrogen-bond donors (Lipinski definition) is 2. The Bertz CT molecular complexity index is 1000. The van der Waals surface area contributed by atoms with Crippen LogP contribution in [0.4, 0.5) is 13.2 Å². The van der Waals surface area contributed by atoms with E-state index in [4.69, 9.17) is 0 Å². The fourth-order valence-electron chi connectivity index (χ4n) is 2.76. The van der Waals surface area contributed by atoms with Crippen molar-refractivity contribution in [2.24, 2.45) is 5.92 Å². The summed E-state index contributed by atoms with van der Waals surface area (Å²) in [4.78, 5) is 12.5. The summed E-state index contributed by atoms with van der Waals surface area (Å²) in [5.41, 5.74) is 0.723. The van der Waals surface area contributed by atoms with E-state index in [1.54, 1.807) is 6.92 Å². The van der Waals surface area contributed by atoms with Gasteiger partial charge in [0.1, 0.15) is 5.75 Å². The van der Waals surface area contributed by atoms with Gasteiger partial charge in [0, 0.05) is 12.1 Å². The molecule has 0 saturated heterocycles. The summed E-state index contributed by atoms with van der Waals surface area (Å²) in [5, 5.41) is 2.70. The number of alkyl halides is 3. The second-order valence-electron chi connectivity index (χ2n) is 7.14. The highest BCUT2D eigenvalue weighted by Gasteiger charge is 2.31. The molecule has 1 atom stereocenters. The summed E-state index contributed by atoms with van der Waals surface area (Å²) in [6.45, 7) is 2.04. The number of benzene rings is 2. The van der Waals surface area contributed by atoms with E-state index < -0.39 is 28.3 Å². The number of ether oxygens (including phenoxy) is 1. The van der Waals surface area contributed by atoms with Crippen LogP contribution in [0.2, 0.25) is 0 Å². The summed E-state index contributed by atoms with van der Waals surface area (Å²) >= 11 is 0. The van der Waals surface area contributed by atoms with Crippen molar-refractivity contribution < 1.29 is 31.1 Å². The fourth-order valence-corrected chi connectivity index (χ4v) is 3.92. The zero-order valence-electron chi connectivity index (χ0n) is 16.1. The average Bonchev–Trinajstić information content (AvgIpc) is 3.50. The van der Waals surface area contributed by atoms with Gasteiger partial charge in [0.05, 0.1) is 10.9 Å². The Labute approximate surface area is 172 Å². The molecule has 1 fully saturated rings. The molecule has 0 aliphatic heterocycles. The number of nitrogens with one attached hydrogen (secondary N) is 2. The van der Waals surface area contributed by atoms with Crippen LogP contribution in [0.1, 0.15) is 41.7 Å². The molecule has 1 amide bonds. The summed E-state index contributed by atoms with van der Waals surface area (Å²) < 4.78 is 67.8. The normalized spacial score (nSPS) is 15.5. The maximum absolute atomic E-state index is 12.5. The maximum Gasteiger partial charge on any atom is 0.573 e. The first-order valence-corrected chi connectivity index (χ1v) is 10.8. The van der Waals surface area contributed by atoms with Crippen LogP contribution in [0, 0.1) is 5.92 Å². The second kappa shape index (κ2) is 8.65.